The van der Waals surface area contributed by atoms with Crippen molar-refractivity contribution in [1.82, 2.24) is 35.0 Å². The Bertz CT molecular complexity index is 1140. The molecule has 144 valence electrons. The number of aryl methyl sites for hydroxylation is 3. The maximum absolute atomic E-state index is 13.0. The van der Waals surface area contributed by atoms with Crippen LogP contribution in [0.25, 0.3) is 22.4 Å². The average molecular weight is 379 g/mol. The van der Waals surface area contributed by atoms with E-state index in [4.69, 9.17) is 4.52 Å². The molecule has 0 saturated heterocycles. The van der Waals surface area contributed by atoms with Gasteiger partial charge in [0.05, 0.1) is 40.8 Å². The molecule has 9 heteroatoms. The van der Waals surface area contributed by atoms with Gasteiger partial charge in [-0.05, 0) is 25.5 Å². The minimum atomic E-state index is -0.215. The lowest BCUT2D eigenvalue weighted by Gasteiger charge is -2.09. The smallest absolute Gasteiger partial charge is 0.259 e. The second kappa shape index (κ2) is 7.26. The van der Waals surface area contributed by atoms with E-state index in [0.29, 0.717) is 34.6 Å². The van der Waals surface area contributed by atoms with E-state index in [1.165, 1.54) is 0 Å². The van der Waals surface area contributed by atoms with Crippen molar-refractivity contribution in [2.45, 2.75) is 33.4 Å². The summed E-state index contributed by atoms with van der Waals surface area (Å²) >= 11 is 0. The summed E-state index contributed by atoms with van der Waals surface area (Å²) in [7, 11) is 1.83. The Hall–Kier alpha value is -3.49. The third-order valence-electron chi connectivity index (χ3n) is 4.53. The van der Waals surface area contributed by atoms with Crippen molar-refractivity contribution in [2.24, 2.45) is 7.05 Å². The number of rotatable bonds is 6. The Morgan fingerprint density at radius 1 is 1.32 bits per heavy atom. The summed E-state index contributed by atoms with van der Waals surface area (Å²) in [6.45, 7) is 5.08. The van der Waals surface area contributed by atoms with Crippen LogP contribution in [0.2, 0.25) is 0 Å². The quantitative estimate of drug-likeness (QED) is 0.552. The lowest BCUT2D eigenvalue weighted by molar-refractivity contribution is 0.0951. The van der Waals surface area contributed by atoms with Gasteiger partial charge in [0.25, 0.3) is 11.6 Å². The van der Waals surface area contributed by atoms with E-state index < -0.39 is 0 Å². The molecule has 0 atom stereocenters. The van der Waals surface area contributed by atoms with E-state index in [0.717, 1.165) is 24.2 Å². The number of carbonyl (C=O) groups excluding carboxylic acids is 1. The molecule has 0 saturated carbocycles. The first kappa shape index (κ1) is 17.9. The SMILES string of the molecule is CCCn1nccc1CNC(=O)c1cc(-c2cnn(C)c2)nc2onc(C)c12. The lowest BCUT2D eigenvalue weighted by Crippen LogP contribution is -2.25. The van der Waals surface area contributed by atoms with Crippen LogP contribution in [0.3, 0.4) is 0 Å². The van der Waals surface area contributed by atoms with E-state index in [1.807, 2.05) is 24.0 Å². The number of nitrogens with one attached hydrogen (secondary N) is 1. The van der Waals surface area contributed by atoms with Crippen molar-refractivity contribution in [1.29, 1.82) is 0 Å². The van der Waals surface area contributed by atoms with Crippen molar-refractivity contribution in [3.8, 4) is 11.3 Å². The normalized spacial score (nSPS) is 11.2. The largest absolute Gasteiger partial charge is 0.346 e. The molecule has 28 heavy (non-hydrogen) atoms. The molecule has 0 aliphatic rings. The van der Waals surface area contributed by atoms with Crippen molar-refractivity contribution in [3.63, 3.8) is 0 Å². The molecule has 0 fully saturated rings. The van der Waals surface area contributed by atoms with Crippen molar-refractivity contribution in [2.75, 3.05) is 0 Å². The van der Waals surface area contributed by atoms with Gasteiger partial charge in [-0.15, -0.1) is 0 Å². The van der Waals surface area contributed by atoms with Gasteiger partial charge in [-0.25, -0.2) is 4.98 Å². The van der Waals surface area contributed by atoms with Crippen molar-refractivity contribution < 1.29 is 9.32 Å². The molecule has 1 amide bonds. The maximum Gasteiger partial charge on any atom is 0.259 e. The Morgan fingerprint density at radius 3 is 2.93 bits per heavy atom. The molecule has 4 heterocycles. The van der Waals surface area contributed by atoms with Gasteiger partial charge in [0.2, 0.25) is 0 Å². The molecule has 4 rings (SSSR count). The number of hydrogen-bond donors (Lipinski definition) is 1. The van der Waals surface area contributed by atoms with Crippen LogP contribution in [-0.4, -0.2) is 35.6 Å². The highest BCUT2D eigenvalue weighted by molar-refractivity contribution is 6.06. The predicted octanol–water partition coefficient (Wildman–Crippen LogP) is 2.47. The molecule has 1 N–H and O–H groups in total. The van der Waals surface area contributed by atoms with Gasteiger partial charge < -0.3 is 9.84 Å². The second-order valence-electron chi connectivity index (χ2n) is 6.63. The van der Waals surface area contributed by atoms with E-state index in [9.17, 15) is 4.79 Å². The number of nitrogens with zero attached hydrogens (tertiary/aromatic N) is 6. The highest BCUT2D eigenvalue weighted by atomic mass is 16.5. The standard InChI is InChI=1S/C19H21N7O2/c1-4-7-26-14(5-6-21-26)10-20-18(27)15-8-16(13-9-22-25(3)11-13)23-19-17(15)12(2)24-28-19/h5-6,8-9,11H,4,7,10H2,1-3H3,(H,20,27). The second-order valence-corrected chi connectivity index (χ2v) is 6.63. The Morgan fingerprint density at radius 2 is 2.18 bits per heavy atom. The summed E-state index contributed by atoms with van der Waals surface area (Å²) < 4.78 is 8.91. The van der Waals surface area contributed by atoms with E-state index in [2.05, 4.69) is 32.6 Å². The van der Waals surface area contributed by atoms with Crippen LogP contribution < -0.4 is 5.32 Å². The topological polar surface area (TPSA) is 104 Å². The van der Waals surface area contributed by atoms with Crippen molar-refractivity contribution in [3.05, 3.63) is 47.7 Å². The molecule has 0 unspecified atom stereocenters. The van der Waals surface area contributed by atoms with Gasteiger partial charge >= 0.3 is 0 Å². The molecule has 4 aromatic rings. The summed E-state index contributed by atoms with van der Waals surface area (Å²) in [5, 5.41) is 16.0. The summed E-state index contributed by atoms with van der Waals surface area (Å²) in [6, 6.07) is 3.66. The fourth-order valence-corrected chi connectivity index (χ4v) is 3.16. The summed E-state index contributed by atoms with van der Waals surface area (Å²) in [4.78, 5) is 17.5. The number of aromatic nitrogens is 6. The van der Waals surface area contributed by atoms with Crippen LogP contribution in [-0.2, 0) is 20.1 Å². The zero-order chi connectivity index (χ0) is 19.7. The van der Waals surface area contributed by atoms with Crippen LogP contribution in [0, 0.1) is 6.92 Å². The zero-order valence-electron chi connectivity index (χ0n) is 16.0. The monoisotopic (exact) mass is 379 g/mol. The van der Waals surface area contributed by atoms with E-state index in [-0.39, 0.29) is 5.91 Å². The molecule has 0 radical (unpaired) electrons. The number of carbonyl (C=O) groups is 1. The van der Waals surface area contributed by atoms with E-state index >= 15 is 0 Å². The zero-order valence-corrected chi connectivity index (χ0v) is 16.0. The fraction of sp³-hybridized carbons (Fsp3) is 0.316. The van der Waals surface area contributed by atoms with Crippen LogP contribution >= 0.6 is 0 Å². The summed E-state index contributed by atoms with van der Waals surface area (Å²) in [6.07, 6.45) is 6.25. The van der Waals surface area contributed by atoms with Gasteiger partial charge in [0, 0.05) is 31.5 Å². The van der Waals surface area contributed by atoms with Gasteiger partial charge in [-0.1, -0.05) is 12.1 Å². The maximum atomic E-state index is 13.0. The fourth-order valence-electron chi connectivity index (χ4n) is 3.16. The lowest BCUT2D eigenvalue weighted by atomic mass is 10.1. The van der Waals surface area contributed by atoms with Crippen LogP contribution in [0.1, 0.15) is 35.1 Å². The number of pyridine rings is 1. The molecule has 0 aliphatic carbocycles. The highest BCUT2D eigenvalue weighted by Gasteiger charge is 2.20. The first-order valence-corrected chi connectivity index (χ1v) is 9.11. The van der Waals surface area contributed by atoms with E-state index in [1.54, 1.807) is 30.1 Å². The van der Waals surface area contributed by atoms with Crippen LogP contribution in [0.5, 0.6) is 0 Å². The van der Waals surface area contributed by atoms with Crippen LogP contribution in [0.4, 0.5) is 0 Å². The molecule has 0 bridgehead atoms. The third kappa shape index (κ3) is 3.26. The van der Waals surface area contributed by atoms with Crippen molar-refractivity contribution >= 4 is 17.0 Å². The first-order chi connectivity index (χ1) is 13.6. The summed E-state index contributed by atoms with van der Waals surface area (Å²) in [5.74, 6) is -0.215. The Labute approximate surface area is 161 Å². The summed E-state index contributed by atoms with van der Waals surface area (Å²) in [5.41, 5.74) is 3.80. The predicted molar refractivity (Wildman–Crippen MR) is 102 cm³/mol. The molecule has 0 spiro atoms. The molecule has 0 aromatic carbocycles. The van der Waals surface area contributed by atoms with Gasteiger partial charge in [0.15, 0.2) is 0 Å². The Kier molecular flexibility index (Phi) is 4.64. The van der Waals surface area contributed by atoms with Crippen LogP contribution in [0.15, 0.2) is 35.2 Å². The molecule has 0 aliphatic heterocycles. The molecule has 9 nitrogen and oxygen atoms in total. The molecular weight excluding hydrogens is 358 g/mol. The van der Waals surface area contributed by atoms with Gasteiger partial charge in [-0.3, -0.25) is 14.2 Å². The first-order valence-electron chi connectivity index (χ1n) is 9.11. The van der Waals surface area contributed by atoms with Gasteiger partial charge in [-0.2, -0.15) is 10.2 Å². The van der Waals surface area contributed by atoms with Gasteiger partial charge in [0.1, 0.15) is 0 Å². The number of fused-ring (bicyclic) bond motifs is 1. The average Bonchev–Trinajstić information content (AvgIpc) is 3.40. The highest BCUT2D eigenvalue weighted by Crippen LogP contribution is 2.26. The number of amides is 1. The number of hydrogen-bond acceptors (Lipinski definition) is 6. The molecular formula is C19H21N7O2. The third-order valence-corrected chi connectivity index (χ3v) is 4.53. The minimum Gasteiger partial charge on any atom is -0.346 e. The molecule has 4 aromatic heterocycles. The Balaban J connectivity index is 1.67. The minimum absolute atomic E-state index is 0.215.